The SMILES string of the molecule is CCn1c(SCC(=O)Nc2sc3c(c2C#N)CCCCC3)nnc1C(C)Oc1ccc(C)c(C)c1. The van der Waals surface area contributed by atoms with E-state index in [0.29, 0.717) is 22.3 Å². The third-order valence-corrected chi connectivity index (χ3v) is 8.51. The molecule has 1 unspecified atom stereocenters. The Labute approximate surface area is 214 Å². The van der Waals surface area contributed by atoms with Crippen molar-refractivity contribution in [2.45, 2.75) is 77.6 Å². The molecule has 2 aromatic heterocycles. The highest BCUT2D eigenvalue weighted by atomic mass is 32.2. The van der Waals surface area contributed by atoms with Gasteiger partial charge in [0, 0.05) is 11.4 Å². The average molecular weight is 510 g/mol. The zero-order valence-corrected chi connectivity index (χ0v) is 22.3. The molecule has 0 spiro atoms. The van der Waals surface area contributed by atoms with Crippen LogP contribution in [0.25, 0.3) is 0 Å². The summed E-state index contributed by atoms with van der Waals surface area (Å²) in [5.41, 5.74) is 4.17. The van der Waals surface area contributed by atoms with Gasteiger partial charge in [0.05, 0.1) is 11.3 Å². The number of amides is 1. The number of nitrogens with one attached hydrogen (secondary N) is 1. The van der Waals surface area contributed by atoms with Gasteiger partial charge in [-0.1, -0.05) is 24.2 Å². The number of hydrogen-bond acceptors (Lipinski definition) is 7. The van der Waals surface area contributed by atoms with Crippen LogP contribution in [0, 0.1) is 25.2 Å². The molecule has 7 nitrogen and oxygen atoms in total. The Morgan fingerprint density at radius 3 is 2.80 bits per heavy atom. The van der Waals surface area contributed by atoms with E-state index in [1.807, 2.05) is 36.6 Å². The first-order valence-electron chi connectivity index (χ1n) is 12.1. The molecule has 1 aliphatic rings. The number of benzene rings is 1. The zero-order chi connectivity index (χ0) is 24.9. The molecular formula is C26H31N5O2S2. The summed E-state index contributed by atoms with van der Waals surface area (Å²) >= 11 is 2.90. The monoisotopic (exact) mass is 509 g/mol. The normalized spacial score (nSPS) is 14.0. The summed E-state index contributed by atoms with van der Waals surface area (Å²) in [4.78, 5) is 14.0. The molecule has 0 saturated heterocycles. The maximum Gasteiger partial charge on any atom is 0.235 e. The van der Waals surface area contributed by atoms with Crippen LogP contribution in [0.4, 0.5) is 5.00 Å². The van der Waals surface area contributed by atoms with Crippen molar-refractivity contribution in [2.24, 2.45) is 0 Å². The van der Waals surface area contributed by atoms with E-state index >= 15 is 0 Å². The molecule has 1 aromatic carbocycles. The van der Waals surface area contributed by atoms with Gasteiger partial charge in [-0.25, -0.2) is 0 Å². The van der Waals surface area contributed by atoms with E-state index in [-0.39, 0.29) is 17.8 Å². The molecule has 9 heteroatoms. The first-order chi connectivity index (χ1) is 16.9. The van der Waals surface area contributed by atoms with Gasteiger partial charge in [0.1, 0.15) is 16.8 Å². The molecule has 1 atom stereocenters. The fraction of sp³-hybridized carbons (Fsp3) is 0.462. The van der Waals surface area contributed by atoms with Gasteiger partial charge < -0.3 is 14.6 Å². The number of anilines is 1. The number of fused-ring (bicyclic) bond motifs is 1. The lowest BCUT2D eigenvalue weighted by molar-refractivity contribution is -0.113. The Hall–Kier alpha value is -2.83. The van der Waals surface area contributed by atoms with Gasteiger partial charge in [-0.2, -0.15) is 5.26 Å². The van der Waals surface area contributed by atoms with Gasteiger partial charge in [-0.3, -0.25) is 4.79 Å². The first-order valence-corrected chi connectivity index (χ1v) is 13.9. The average Bonchev–Trinajstić information content (AvgIpc) is 3.32. The summed E-state index contributed by atoms with van der Waals surface area (Å²) in [6.07, 6.45) is 5.06. The summed E-state index contributed by atoms with van der Waals surface area (Å²) < 4.78 is 8.11. The van der Waals surface area contributed by atoms with Crippen LogP contribution in [-0.2, 0) is 24.2 Å². The second kappa shape index (κ2) is 11.3. The largest absolute Gasteiger partial charge is 0.483 e. The maximum atomic E-state index is 12.8. The lowest BCUT2D eigenvalue weighted by Gasteiger charge is -2.16. The van der Waals surface area contributed by atoms with Gasteiger partial charge in [-0.05, 0) is 82.2 Å². The van der Waals surface area contributed by atoms with Crippen LogP contribution in [0.15, 0.2) is 23.4 Å². The van der Waals surface area contributed by atoms with Gasteiger partial charge in [0.15, 0.2) is 17.1 Å². The van der Waals surface area contributed by atoms with Crippen LogP contribution in [-0.4, -0.2) is 26.4 Å². The molecule has 0 bridgehead atoms. The molecule has 0 aliphatic heterocycles. The van der Waals surface area contributed by atoms with Crippen molar-refractivity contribution in [1.29, 1.82) is 5.26 Å². The minimum absolute atomic E-state index is 0.144. The lowest BCUT2D eigenvalue weighted by Crippen LogP contribution is -2.15. The molecule has 0 radical (unpaired) electrons. The van der Waals surface area contributed by atoms with Crippen LogP contribution in [0.5, 0.6) is 5.75 Å². The molecule has 0 fully saturated rings. The summed E-state index contributed by atoms with van der Waals surface area (Å²) in [6, 6.07) is 8.36. The van der Waals surface area contributed by atoms with Crippen molar-refractivity contribution >= 4 is 34.0 Å². The number of hydrogen-bond donors (Lipinski definition) is 1. The lowest BCUT2D eigenvalue weighted by atomic mass is 10.1. The molecule has 0 saturated carbocycles. The molecule has 3 aromatic rings. The van der Waals surface area contributed by atoms with E-state index in [9.17, 15) is 10.1 Å². The second-order valence-electron chi connectivity index (χ2n) is 8.81. The standard InChI is InChI=1S/C26H31N5O2S2/c1-5-31-24(18(4)33-19-12-11-16(2)17(3)13-19)29-30-26(31)34-15-23(32)28-25-21(14-27)20-9-7-6-8-10-22(20)35-25/h11-13,18H,5-10,15H2,1-4H3,(H,28,32). The third kappa shape index (κ3) is 5.71. The molecule has 2 heterocycles. The van der Waals surface area contributed by atoms with Crippen LogP contribution in [0.3, 0.4) is 0 Å². The van der Waals surface area contributed by atoms with Crippen molar-refractivity contribution < 1.29 is 9.53 Å². The predicted molar refractivity (Wildman–Crippen MR) is 140 cm³/mol. The number of aromatic nitrogens is 3. The minimum Gasteiger partial charge on any atom is -0.483 e. The van der Waals surface area contributed by atoms with Crippen molar-refractivity contribution in [1.82, 2.24) is 14.8 Å². The van der Waals surface area contributed by atoms with Crippen LogP contribution in [0.1, 0.15) is 72.2 Å². The molecule has 35 heavy (non-hydrogen) atoms. The molecule has 1 amide bonds. The second-order valence-corrected chi connectivity index (χ2v) is 10.9. The summed E-state index contributed by atoms with van der Waals surface area (Å²) in [7, 11) is 0. The quantitative estimate of drug-likeness (QED) is 0.296. The fourth-order valence-corrected chi connectivity index (χ4v) is 6.36. The number of nitriles is 1. The van der Waals surface area contributed by atoms with Gasteiger partial charge in [-0.15, -0.1) is 21.5 Å². The number of rotatable bonds is 8. The molecule has 1 N–H and O–H groups in total. The highest BCUT2D eigenvalue weighted by Crippen LogP contribution is 2.37. The highest BCUT2D eigenvalue weighted by Gasteiger charge is 2.22. The summed E-state index contributed by atoms with van der Waals surface area (Å²) in [5.74, 6) is 1.57. The van der Waals surface area contributed by atoms with Gasteiger partial charge in [0.2, 0.25) is 5.91 Å². The predicted octanol–water partition coefficient (Wildman–Crippen LogP) is 5.99. The maximum absolute atomic E-state index is 12.8. The van der Waals surface area contributed by atoms with Gasteiger partial charge >= 0.3 is 0 Å². The molecular weight excluding hydrogens is 478 g/mol. The Kier molecular flexibility index (Phi) is 8.14. The smallest absolute Gasteiger partial charge is 0.235 e. The number of carbonyl (C=O) groups excluding carboxylic acids is 1. The van der Waals surface area contributed by atoms with E-state index in [1.54, 1.807) is 11.3 Å². The zero-order valence-electron chi connectivity index (χ0n) is 20.7. The fourth-order valence-electron chi connectivity index (χ4n) is 4.29. The number of thiophene rings is 1. The number of ether oxygens (including phenoxy) is 1. The molecule has 1 aliphatic carbocycles. The third-order valence-electron chi connectivity index (χ3n) is 6.33. The number of carbonyl (C=O) groups is 1. The van der Waals surface area contributed by atoms with Crippen LogP contribution >= 0.6 is 23.1 Å². The van der Waals surface area contributed by atoms with Crippen molar-refractivity contribution in [3.63, 3.8) is 0 Å². The molecule has 184 valence electrons. The number of aryl methyl sites for hydroxylation is 3. The van der Waals surface area contributed by atoms with E-state index in [4.69, 9.17) is 4.74 Å². The Balaban J connectivity index is 1.41. The minimum atomic E-state index is -0.285. The van der Waals surface area contributed by atoms with E-state index in [1.165, 1.54) is 34.2 Å². The molecule has 4 rings (SSSR count). The Morgan fingerprint density at radius 1 is 1.26 bits per heavy atom. The van der Waals surface area contributed by atoms with Crippen molar-refractivity contribution in [2.75, 3.05) is 11.1 Å². The Morgan fingerprint density at radius 2 is 2.06 bits per heavy atom. The Bertz CT molecular complexity index is 1260. The van der Waals surface area contributed by atoms with E-state index in [0.717, 1.165) is 42.8 Å². The highest BCUT2D eigenvalue weighted by molar-refractivity contribution is 7.99. The summed E-state index contributed by atoms with van der Waals surface area (Å²) in [6.45, 7) is 8.79. The summed E-state index contributed by atoms with van der Waals surface area (Å²) in [5, 5.41) is 22.7. The first kappa shape index (κ1) is 25.3. The van der Waals surface area contributed by atoms with Gasteiger partial charge in [0.25, 0.3) is 0 Å². The van der Waals surface area contributed by atoms with Crippen LogP contribution < -0.4 is 10.1 Å². The van der Waals surface area contributed by atoms with E-state index < -0.39 is 0 Å². The van der Waals surface area contributed by atoms with E-state index in [2.05, 4.69) is 35.4 Å². The topological polar surface area (TPSA) is 92.8 Å². The van der Waals surface area contributed by atoms with Crippen molar-refractivity contribution in [3.8, 4) is 11.8 Å². The van der Waals surface area contributed by atoms with Crippen LogP contribution in [0.2, 0.25) is 0 Å². The number of nitrogens with zero attached hydrogens (tertiary/aromatic N) is 4. The number of thioether (sulfide) groups is 1. The van der Waals surface area contributed by atoms with Crippen molar-refractivity contribution in [3.05, 3.63) is 51.2 Å².